The van der Waals surface area contributed by atoms with Crippen molar-refractivity contribution in [2.45, 2.75) is 33.6 Å². The maximum absolute atomic E-state index is 4.27. The van der Waals surface area contributed by atoms with E-state index in [0.717, 1.165) is 30.9 Å². The van der Waals surface area contributed by atoms with Gasteiger partial charge in [-0.25, -0.2) is 0 Å². The quantitative estimate of drug-likeness (QED) is 0.420. The first kappa shape index (κ1) is 19.0. The molecule has 1 unspecified atom stereocenters. The molecule has 0 aliphatic carbocycles. The molecule has 0 amide bonds. The van der Waals surface area contributed by atoms with Gasteiger partial charge in [0.1, 0.15) is 0 Å². The van der Waals surface area contributed by atoms with E-state index in [1.807, 2.05) is 7.05 Å². The summed E-state index contributed by atoms with van der Waals surface area (Å²) in [6, 6.07) is 0. The first-order valence-corrected chi connectivity index (χ1v) is 7.32. The highest BCUT2D eigenvalue weighted by atomic mass is 127. The van der Waals surface area contributed by atoms with Crippen LogP contribution in [0.15, 0.2) is 4.99 Å². The van der Waals surface area contributed by atoms with Crippen molar-refractivity contribution in [3.8, 4) is 0 Å². The van der Waals surface area contributed by atoms with E-state index >= 15 is 0 Å². The molecule has 1 fully saturated rings. The lowest BCUT2D eigenvalue weighted by atomic mass is 10.1. The topological polar surface area (TPSA) is 39.7 Å². The number of likely N-dealkylation sites (tertiary alicyclic amines) is 1. The molecule has 5 heteroatoms. The summed E-state index contributed by atoms with van der Waals surface area (Å²) in [6.45, 7) is 12.4. The summed E-state index contributed by atoms with van der Waals surface area (Å²) >= 11 is 0. The third-order valence-electron chi connectivity index (χ3n) is 3.61. The second-order valence-electron chi connectivity index (χ2n) is 5.61. The van der Waals surface area contributed by atoms with Crippen molar-refractivity contribution in [3.63, 3.8) is 0 Å². The van der Waals surface area contributed by atoms with Gasteiger partial charge in [0.05, 0.1) is 0 Å². The van der Waals surface area contributed by atoms with E-state index in [2.05, 4.69) is 41.3 Å². The van der Waals surface area contributed by atoms with Crippen molar-refractivity contribution in [2.24, 2.45) is 16.8 Å². The van der Waals surface area contributed by atoms with Crippen molar-refractivity contribution < 1.29 is 0 Å². The van der Waals surface area contributed by atoms with E-state index in [4.69, 9.17) is 0 Å². The second kappa shape index (κ2) is 10.7. The van der Waals surface area contributed by atoms with Gasteiger partial charge in [-0.15, -0.1) is 24.0 Å². The normalized spacial score (nSPS) is 20.5. The van der Waals surface area contributed by atoms with Crippen LogP contribution in [0.5, 0.6) is 0 Å². The summed E-state index contributed by atoms with van der Waals surface area (Å²) in [5.74, 6) is 2.46. The Kier molecular flexibility index (Phi) is 10.7. The number of halogens is 1. The lowest BCUT2D eigenvalue weighted by Gasteiger charge is -2.16. The molecular weight excluding hydrogens is 351 g/mol. The fourth-order valence-electron chi connectivity index (χ4n) is 2.31. The highest BCUT2D eigenvalue weighted by Crippen LogP contribution is 2.14. The Balaban J connectivity index is 0.00000324. The van der Waals surface area contributed by atoms with Crippen molar-refractivity contribution in [1.29, 1.82) is 0 Å². The first-order chi connectivity index (χ1) is 8.65. The van der Waals surface area contributed by atoms with E-state index in [-0.39, 0.29) is 24.0 Å². The Morgan fingerprint density at radius 2 is 2.11 bits per heavy atom. The van der Waals surface area contributed by atoms with Gasteiger partial charge in [-0.3, -0.25) is 4.99 Å². The van der Waals surface area contributed by atoms with E-state index < -0.39 is 0 Å². The van der Waals surface area contributed by atoms with Crippen molar-refractivity contribution in [2.75, 3.05) is 39.8 Å². The molecule has 4 nitrogen and oxygen atoms in total. The molecule has 1 atom stereocenters. The average Bonchev–Trinajstić information content (AvgIpc) is 2.81. The molecule has 0 spiro atoms. The van der Waals surface area contributed by atoms with E-state index in [0.29, 0.717) is 0 Å². The van der Waals surface area contributed by atoms with Crippen LogP contribution in [0.4, 0.5) is 0 Å². The number of guanidine groups is 1. The molecule has 0 aromatic rings. The minimum atomic E-state index is 0. The maximum atomic E-state index is 4.27. The highest BCUT2D eigenvalue weighted by molar-refractivity contribution is 14.0. The molecule has 0 bridgehead atoms. The van der Waals surface area contributed by atoms with Gasteiger partial charge in [-0.2, -0.15) is 0 Å². The molecule has 19 heavy (non-hydrogen) atoms. The standard InChI is InChI=1S/C14H30N4.HI/c1-5-18-9-7-13(11-18)10-17-14(15-4)16-8-6-12(2)3;/h12-13H,5-11H2,1-4H3,(H2,15,16,17);1H. The molecule has 1 saturated heterocycles. The molecule has 1 aliphatic rings. The number of hydrogen-bond acceptors (Lipinski definition) is 2. The fourth-order valence-corrected chi connectivity index (χ4v) is 2.31. The Hall–Kier alpha value is -0.0400. The predicted octanol–water partition coefficient (Wildman–Crippen LogP) is 2.16. The molecule has 0 aromatic carbocycles. The lowest BCUT2D eigenvalue weighted by Crippen LogP contribution is -2.40. The summed E-state index contributed by atoms with van der Waals surface area (Å²) < 4.78 is 0. The number of nitrogens with zero attached hydrogens (tertiary/aromatic N) is 2. The molecular formula is C14H31IN4. The van der Waals surface area contributed by atoms with Crippen LogP contribution in [0.25, 0.3) is 0 Å². The monoisotopic (exact) mass is 382 g/mol. The molecule has 114 valence electrons. The SMILES string of the molecule is CCN1CCC(CNC(=NC)NCCC(C)C)C1.I. The number of nitrogens with one attached hydrogen (secondary N) is 2. The Labute approximate surface area is 135 Å². The number of aliphatic imine (C=N–C) groups is 1. The van der Waals surface area contributed by atoms with Crippen LogP contribution >= 0.6 is 24.0 Å². The molecule has 0 aromatic heterocycles. The van der Waals surface area contributed by atoms with E-state index in [9.17, 15) is 0 Å². The average molecular weight is 382 g/mol. The van der Waals surface area contributed by atoms with E-state index in [1.165, 1.54) is 32.5 Å². The van der Waals surface area contributed by atoms with Gasteiger partial charge in [0, 0.05) is 26.7 Å². The van der Waals surface area contributed by atoms with Gasteiger partial charge in [-0.05, 0) is 37.8 Å². The molecule has 2 N–H and O–H groups in total. The Morgan fingerprint density at radius 3 is 2.63 bits per heavy atom. The zero-order chi connectivity index (χ0) is 13.4. The van der Waals surface area contributed by atoms with Crippen LogP contribution in [0.3, 0.4) is 0 Å². The summed E-state index contributed by atoms with van der Waals surface area (Å²) in [5.41, 5.74) is 0. The third-order valence-corrected chi connectivity index (χ3v) is 3.61. The van der Waals surface area contributed by atoms with E-state index in [1.54, 1.807) is 0 Å². The van der Waals surface area contributed by atoms with Crippen molar-refractivity contribution >= 4 is 29.9 Å². The lowest BCUT2D eigenvalue weighted by molar-refractivity contribution is 0.341. The third kappa shape index (κ3) is 7.97. The molecule has 0 saturated carbocycles. The molecule has 1 aliphatic heterocycles. The predicted molar refractivity (Wildman–Crippen MR) is 94.5 cm³/mol. The van der Waals surface area contributed by atoms with Gasteiger partial charge in [0.2, 0.25) is 0 Å². The molecule has 1 rings (SSSR count). The largest absolute Gasteiger partial charge is 0.356 e. The molecule has 0 radical (unpaired) electrons. The zero-order valence-corrected chi connectivity index (χ0v) is 15.2. The fraction of sp³-hybridized carbons (Fsp3) is 0.929. The van der Waals surface area contributed by atoms with Gasteiger partial charge in [0.25, 0.3) is 0 Å². The summed E-state index contributed by atoms with van der Waals surface area (Å²) in [6.07, 6.45) is 2.50. The van der Waals surface area contributed by atoms with Crippen LogP contribution in [-0.2, 0) is 0 Å². The maximum Gasteiger partial charge on any atom is 0.190 e. The van der Waals surface area contributed by atoms with Gasteiger partial charge in [-0.1, -0.05) is 20.8 Å². The van der Waals surface area contributed by atoms with Crippen molar-refractivity contribution in [1.82, 2.24) is 15.5 Å². The smallest absolute Gasteiger partial charge is 0.190 e. The Morgan fingerprint density at radius 1 is 1.37 bits per heavy atom. The van der Waals surface area contributed by atoms with Crippen LogP contribution in [0.2, 0.25) is 0 Å². The van der Waals surface area contributed by atoms with Gasteiger partial charge >= 0.3 is 0 Å². The number of hydrogen-bond donors (Lipinski definition) is 2. The number of rotatable bonds is 6. The minimum Gasteiger partial charge on any atom is -0.356 e. The zero-order valence-electron chi connectivity index (χ0n) is 12.9. The highest BCUT2D eigenvalue weighted by Gasteiger charge is 2.20. The summed E-state index contributed by atoms with van der Waals surface area (Å²) in [5, 5.41) is 6.82. The van der Waals surface area contributed by atoms with Crippen molar-refractivity contribution in [3.05, 3.63) is 0 Å². The summed E-state index contributed by atoms with van der Waals surface area (Å²) in [4.78, 5) is 6.78. The van der Waals surface area contributed by atoms with Crippen LogP contribution in [-0.4, -0.2) is 50.6 Å². The van der Waals surface area contributed by atoms with Gasteiger partial charge < -0.3 is 15.5 Å². The van der Waals surface area contributed by atoms with Crippen LogP contribution in [0.1, 0.15) is 33.6 Å². The second-order valence-corrected chi connectivity index (χ2v) is 5.61. The van der Waals surface area contributed by atoms with Crippen LogP contribution < -0.4 is 10.6 Å². The van der Waals surface area contributed by atoms with Crippen LogP contribution in [0, 0.1) is 11.8 Å². The minimum absolute atomic E-state index is 0. The summed E-state index contributed by atoms with van der Waals surface area (Å²) in [7, 11) is 1.84. The first-order valence-electron chi connectivity index (χ1n) is 7.32. The molecule has 1 heterocycles. The van der Waals surface area contributed by atoms with Gasteiger partial charge in [0.15, 0.2) is 5.96 Å². The Bertz CT molecular complexity index is 256.